The van der Waals surface area contributed by atoms with Crippen LogP contribution >= 0.6 is 11.3 Å². The number of methoxy groups -OCH3 is 1. The van der Waals surface area contributed by atoms with Gasteiger partial charge in [-0.15, -0.1) is 11.3 Å². The van der Waals surface area contributed by atoms with E-state index < -0.39 is 0 Å². The molecule has 1 saturated heterocycles. The van der Waals surface area contributed by atoms with Gasteiger partial charge in [0.05, 0.1) is 6.61 Å². The largest absolute Gasteiger partial charge is 0.383 e. The van der Waals surface area contributed by atoms with Crippen molar-refractivity contribution in [1.29, 1.82) is 0 Å². The van der Waals surface area contributed by atoms with Crippen LogP contribution in [0.2, 0.25) is 0 Å². The molecule has 1 fully saturated rings. The van der Waals surface area contributed by atoms with Gasteiger partial charge < -0.3 is 20.3 Å². The van der Waals surface area contributed by atoms with Crippen molar-refractivity contribution in [2.75, 3.05) is 46.4 Å². The first-order valence-electron chi connectivity index (χ1n) is 9.49. The molecule has 6 heteroatoms. The lowest BCUT2D eigenvalue weighted by Gasteiger charge is -2.32. The molecule has 142 valence electrons. The van der Waals surface area contributed by atoms with Gasteiger partial charge in [0.25, 0.3) is 0 Å². The predicted molar refractivity (Wildman–Crippen MR) is 108 cm³/mol. The van der Waals surface area contributed by atoms with Crippen molar-refractivity contribution in [3.63, 3.8) is 0 Å². The second-order valence-electron chi connectivity index (χ2n) is 6.86. The topological polar surface area (TPSA) is 48.9 Å². The maximum absolute atomic E-state index is 5.17. The Bertz CT molecular complexity index is 484. The molecule has 0 amide bonds. The number of ether oxygens (including phenoxy) is 1. The SMILES string of the molecule is CCNC(=NCC(C)Cc1cccs1)NC1CCN(CCOC)CC1. The van der Waals surface area contributed by atoms with Gasteiger partial charge >= 0.3 is 0 Å². The molecule has 2 rings (SSSR count). The van der Waals surface area contributed by atoms with Crippen LogP contribution in [0.3, 0.4) is 0 Å². The molecule has 1 atom stereocenters. The molecule has 0 spiro atoms. The van der Waals surface area contributed by atoms with Gasteiger partial charge in [0, 0.05) is 50.8 Å². The van der Waals surface area contributed by atoms with Crippen LogP contribution in [0.4, 0.5) is 0 Å². The van der Waals surface area contributed by atoms with E-state index in [1.807, 2.05) is 11.3 Å². The molecule has 1 aliphatic heterocycles. The number of piperidine rings is 1. The normalized spacial score (nSPS) is 18.3. The number of thiophene rings is 1. The van der Waals surface area contributed by atoms with Crippen LogP contribution in [0.1, 0.15) is 31.6 Å². The lowest BCUT2D eigenvalue weighted by Crippen LogP contribution is -2.49. The molecule has 0 aliphatic carbocycles. The van der Waals surface area contributed by atoms with Gasteiger partial charge in [0.2, 0.25) is 0 Å². The van der Waals surface area contributed by atoms with Crippen LogP contribution in [-0.4, -0.2) is 63.3 Å². The fourth-order valence-electron chi connectivity index (χ4n) is 3.12. The van der Waals surface area contributed by atoms with Gasteiger partial charge in [-0.2, -0.15) is 0 Å². The van der Waals surface area contributed by atoms with Gasteiger partial charge in [-0.05, 0) is 43.6 Å². The van der Waals surface area contributed by atoms with Crippen molar-refractivity contribution < 1.29 is 4.74 Å². The fraction of sp³-hybridized carbons (Fsp3) is 0.737. The highest BCUT2D eigenvalue weighted by molar-refractivity contribution is 7.09. The minimum absolute atomic E-state index is 0.518. The van der Waals surface area contributed by atoms with Crippen LogP contribution in [0.15, 0.2) is 22.5 Å². The first kappa shape index (κ1) is 20.2. The first-order chi connectivity index (χ1) is 12.2. The third-order valence-electron chi connectivity index (χ3n) is 4.58. The molecule has 2 N–H and O–H groups in total. The Balaban J connectivity index is 1.75. The number of likely N-dealkylation sites (tertiary alicyclic amines) is 1. The molecule has 0 radical (unpaired) electrons. The van der Waals surface area contributed by atoms with E-state index in [1.54, 1.807) is 7.11 Å². The van der Waals surface area contributed by atoms with Crippen molar-refractivity contribution in [2.24, 2.45) is 10.9 Å². The second-order valence-corrected chi connectivity index (χ2v) is 7.89. The minimum atomic E-state index is 0.518. The zero-order valence-corrected chi connectivity index (χ0v) is 16.8. The Hall–Kier alpha value is -1.11. The van der Waals surface area contributed by atoms with Crippen LogP contribution in [0, 0.1) is 5.92 Å². The van der Waals surface area contributed by atoms with Gasteiger partial charge in [-0.1, -0.05) is 13.0 Å². The van der Waals surface area contributed by atoms with E-state index in [9.17, 15) is 0 Å². The molecular weight excluding hydrogens is 332 g/mol. The maximum Gasteiger partial charge on any atom is 0.191 e. The monoisotopic (exact) mass is 366 g/mol. The van der Waals surface area contributed by atoms with Gasteiger partial charge in [-0.25, -0.2) is 0 Å². The number of rotatable bonds is 9. The molecule has 0 aromatic carbocycles. The molecule has 0 bridgehead atoms. The van der Waals surface area contributed by atoms with E-state index in [1.165, 1.54) is 17.7 Å². The van der Waals surface area contributed by atoms with Crippen molar-refractivity contribution in [1.82, 2.24) is 15.5 Å². The molecule has 1 aliphatic rings. The van der Waals surface area contributed by atoms with Crippen molar-refractivity contribution in [2.45, 2.75) is 39.2 Å². The van der Waals surface area contributed by atoms with Crippen LogP contribution in [0.5, 0.6) is 0 Å². The summed E-state index contributed by atoms with van der Waals surface area (Å²) in [4.78, 5) is 8.75. The highest BCUT2D eigenvalue weighted by Crippen LogP contribution is 2.14. The van der Waals surface area contributed by atoms with Gasteiger partial charge in [-0.3, -0.25) is 4.99 Å². The zero-order chi connectivity index (χ0) is 17.9. The lowest BCUT2D eigenvalue weighted by molar-refractivity contribution is 0.128. The lowest BCUT2D eigenvalue weighted by atomic mass is 10.1. The number of nitrogens with one attached hydrogen (secondary N) is 2. The summed E-state index contributed by atoms with van der Waals surface area (Å²) in [6, 6.07) is 4.86. The predicted octanol–water partition coefficient (Wildman–Crippen LogP) is 2.59. The maximum atomic E-state index is 5.17. The number of hydrogen-bond donors (Lipinski definition) is 2. The Labute approximate surface area is 156 Å². The van der Waals surface area contributed by atoms with E-state index in [0.717, 1.165) is 51.7 Å². The molecular formula is C19H34N4OS. The zero-order valence-electron chi connectivity index (χ0n) is 16.0. The molecule has 1 aromatic heterocycles. The molecule has 5 nitrogen and oxygen atoms in total. The summed E-state index contributed by atoms with van der Waals surface area (Å²) in [5, 5.41) is 9.18. The third-order valence-corrected chi connectivity index (χ3v) is 5.47. The molecule has 0 saturated carbocycles. The van der Waals surface area contributed by atoms with Crippen molar-refractivity contribution >= 4 is 17.3 Å². The van der Waals surface area contributed by atoms with Crippen molar-refractivity contribution in [3.05, 3.63) is 22.4 Å². The molecule has 1 aromatic rings. The van der Waals surface area contributed by atoms with Crippen LogP contribution in [0.25, 0.3) is 0 Å². The molecule has 2 heterocycles. The summed E-state index contributed by atoms with van der Waals surface area (Å²) in [5.74, 6) is 1.53. The summed E-state index contributed by atoms with van der Waals surface area (Å²) >= 11 is 1.84. The molecule has 1 unspecified atom stereocenters. The Morgan fingerprint density at radius 1 is 1.44 bits per heavy atom. The van der Waals surface area contributed by atoms with E-state index in [4.69, 9.17) is 9.73 Å². The van der Waals surface area contributed by atoms with E-state index in [0.29, 0.717) is 12.0 Å². The Morgan fingerprint density at radius 3 is 2.88 bits per heavy atom. The summed E-state index contributed by atoms with van der Waals surface area (Å²) in [7, 11) is 1.77. The summed E-state index contributed by atoms with van der Waals surface area (Å²) in [6.45, 7) is 10.3. The quantitative estimate of drug-likeness (QED) is 0.521. The van der Waals surface area contributed by atoms with Crippen molar-refractivity contribution in [3.8, 4) is 0 Å². The van der Waals surface area contributed by atoms with E-state index in [-0.39, 0.29) is 0 Å². The first-order valence-corrected chi connectivity index (χ1v) is 10.4. The van der Waals surface area contributed by atoms with Gasteiger partial charge in [0.15, 0.2) is 5.96 Å². The fourth-order valence-corrected chi connectivity index (χ4v) is 3.99. The number of hydrogen-bond acceptors (Lipinski definition) is 4. The van der Waals surface area contributed by atoms with Crippen LogP contribution < -0.4 is 10.6 Å². The van der Waals surface area contributed by atoms with E-state index in [2.05, 4.69) is 46.9 Å². The Kier molecular flexibility index (Phi) is 9.29. The standard InChI is InChI=1S/C19H34N4OS/c1-4-20-19(21-15-16(2)14-18-6-5-13-25-18)22-17-7-9-23(10-8-17)11-12-24-3/h5-6,13,16-17H,4,7-12,14-15H2,1-3H3,(H2,20,21,22). The van der Waals surface area contributed by atoms with Crippen LogP contribution in [-0.2, 0) is 11.2 Å². The second kappa shape index (κ2) is 11.5. The summed E-state index contributed by atoms with van der Waals surface area (Å²) in [6.07, 6.45) is 3.44. The minimum Gasteiger partial charge on any atom is -0.383 e. The number of guanidine groups is 1. The highest BCUT2D eigenvalue weighted by Gasteiger charge is 2.19. The van der Waals surface area contributed by atoms with Gasteiger partial charge in [0.1, 0.15) is 0 Å². The Morgan fingerprint density at radius 2 is 2.24 bits per heavy atom. The number of nitrogens with zero attached hydrogens (tertiary/aromatic N) is 2. The smallest absolute Gasteiger partial charge is 0.191 e. The highest BCUT2D eigenvalue weighted by atomic mass is 32.1. The molecule has 25 heavy (non-hydrogen) atoms. The summed E-state index contributed by atoms with van der Waals surface area (Å²) < 4.78 is 5.17. The average Bonchev–Trinajstić information content (AvgIpc) is 3.12. The summed E-state index contributed by atoms with van der Waals surface area (Å²) in [5.41, 5.74) is 0. The number of aliphatic imine (C=N–C) groups is 1. The average molecular weight is 367 g/mol. The van der Waals surface area contributed by atoms with E-state index >= 15 is 0 Å². The third kappa shape index (κ3) is 7.75.